The van der Waals surface area contributed by atoms with Crippen molar-refractivity contribution in [2.75, 3.05) is 0 Å². The minimum absolute atomic E-state index is 0.353. The number of allylic oxidation sites excluding steroid dienone is 11. The molecule has 4 aromatic carbocycles. The number of aromatic nitrogens is 1. The van der Waals surface area contributed by atoms with Gasteiger partial charge in [0.1, 0.15) is 0 Å². The number of rotatable bonds is 5. The number of hydrogen-bond acceptors (Lipinski definition) is 1. The summed E-state index contributed by atoms with van der Waals surface area (Å²) in [5, 5.41) is 2.65. The van der Waals surface area contributed by atoms with Crippen LogP contribution in [0.5, 0.6) is 0 Å². The van der Waals surface area contributed by atoms with Gasteiger partial charge in [0.2, 0.25) is 0 Å². The molecule has 5 aromatic rings. The summed E-state index contributed by atoms with van der Waals surface area (Å²) < 4.78 is 2.53. The summed E-state index contributed by atoms with van der Waals surface area (Å²) in [6, 6.07) is 38.9. The molecule has 1 aromatic heterocycles. The molecule has 50 heavy (non-hydrogen) atoms. The van der Waals surface area contributed by atoms with Crippen LogP contribution in [-0.2, 0) is 0 Å². The molecule has 1 aliphatic heterocycles. The molecule has 1 saturated heterocycles. The average Bonchev–Trinajstić information content (AvgIpc) is 3.71. The maximum absolute atomic E-state index is 2.83. The third-order valence-corrected chi connectivity index (χ3v) is 12.0. The van der Waals surface area contributed by atoms with E-state index >= 15 is 0 Å². The van der Waals surface area contributed by atoms with Crippen molar-refractivity contribution >= 4 is 38.6 Å². The number of para-hydroxylation sites is 1. The number of fused-ring (bicyclic) bond motifs is 6. The van der Waals surface area contributed by atoms with Gasteiger partial charge in [-0.05, 0) is 84.2 Å². The van der Waals surface area contributed by atoms with E-state index in [0.29, 0.717) is 29.8 Å². The molecule has 1 fully saturated rings. The summed E-state index contributed by atoms with van der Waals surface area (Å²) in [6.07, 6.45) is 29.9. The molecule has 5 aliphatic rings. The van der Waals surface area contributed by atoms with E-state index in [-0.39, 0.29) is 0 Å². The second kappa shape index (κ2) is 12.2. The zero-order valence-corrected chi connectivity index (χ0v) is 28.4. The maximum Gasteiger partial charge on any atom is 0.0551 e. The summed E-state index contributed by atoms with van der Waals surface area (Å²) in [5.41, 5.74) is 12.2. The molecule has 2 nitrogen and oxygen atoms in total. The molecule has 4 aliphatic carbocycles. The molecular weight excluding hydrogens is 605 g/mol. The molecule has 0 spiro atoms. The molecule has 0 amide bonds. The first-order valence-corrected chi connectivity index (χ1v) is 18.6. The number of nitrogens with zero attached hydrogens (tertiary/aromatic N) is 2. The first kappa shape index (κ1) is 29.6. The summed E-state index contributed by atoms with van der Waals surface area (Å²) in [7, 11) is 0. The number of benzene rings is 4. The fraction of sp³-hybridized carbons (Fsp3) is 0.208. The van der Waals surface area contributed by atoms with Crippen molar-refractivity contribution in [1.82, 2.24) is 9.47 Å². The standard InChI is InChI=1S/C48H42N2/c1-3-12-33(13-4-1)35-22-26-39(27-23-35)49-45-20-9-7-18-41(45)43-28-24-37(31-47(43)49)38-25-29-44-42-19-8-10-21-46(42)50(48(44)32-38)40-17-11-16-36(30-40)34-14-5-2-6-15-34/h1-9,11-20,22,24-26,28-29,31-32,36,42,44,46,48H,10,21,23,27,30H2. The lowest BCUT2D eigenvalue weighted by atomic mass is 9.79. The Balaban J connectivity index is 1.04. The van der Waals surface area contributed by atoms with E-state index in [2.05, 4.69) is 173 Å². The Morgan fingerprint density at radius 1 is 0.620 bits per heavy atom. The van der Waals surface area contributed by atoms with Gasteiger partial charge >= 0.3 is 0 Å². The Morgan fingerprint density at radius 3 is 2.30 bits per heavy atom. The van der Waals surface area contributed by atoms with E-state index in [1.807, 2.05) is 0 Å². The first-order chi connectivity index (χ1) is 24.8. The maximum atomic E-state index is 2.83. The fourth-order valence-corrected chi connectivity index (χ4v) is 9.62. The monoisotopic (exact) mass is 646 g/mol. The fourth-order valence-electron chi connectivity index (χ4n) is 9.62. The highest BCUT2D eigenvalue weighted by Gasteiger charge is 2.48. The van der Waals surface area contributed by atoms with Crippen LogP contribution >= 0.6 is 0 Å². The summed E-state index contributed by atoms with van der Waals surface area (Å²) in [5.74, 6) is 1.48. The van der Waals surface area contributed by atoms with Crippen molar-refractivity contribution in [1.29, 1.82) is 0 Å². The SMILES string of the molecule is C1=CC(c2ccccc2)CC(N2C3C=C(c4ccc5c6ccccc6n(C6=CC=C(c7ccccc7)CC6)c5c4)C=CC3C3C=CCCC32)=C1. The van der Waals surface area contributed by atoms with Gasteiger partial charge in [0.05, 0.1) is 17.1 Å². The summed E-state index contributed by atoms with van der Waals surface area (Å²) in [4.78, 5) is 2.83. The largest absolute Gasteiger partial charge is 0.364 e. The van der Waals surface area contributed by atoms with Crippen molar-refractivity contribution < 1.29 is 0 Å². The third-order valence-electron chi connectivity index (χ3n) is 12.0. The molecule has 5 atom stereocenters. The number of likely N-dealkylation sites (tertiary alicyclic amines) is 1. The van der Waals surface area contributed by atoms with Crippen LogP contribution in [0.1, 0.15) is 54.7 Å². The molecule has 0 N–H and O–H groups in total. The lowest BCUT2D eigenvalue weighted by molar-refractivity contribution is 0.240. The molecule has 244 valence electrons. The highest BCUT2D eigenvalue weighted by molar-refractivity contribution is 6.11. The van der Waals surface area contributed by atoms with Gasteiger partial charge in [-0.2, -0.15) is 0 Å². The Kier molecular flexibility index (Phi) is 7.22. The van der Waals surface area contributed by atoms with E-state index in [0.717, 1.165) is 19.3 Å². The van der Waals surface area contributed by atoms with Crippen molar-refractivity contribution in [3.8, 4) is 0 Å². The third kappa shape index (κ3) is 4.92. The zero-order chi connectivity index (χ0) is 33.0. The number of hydrogen-bond donors (Lipinski definition) is 0. The Bertz CT molecular complexity index is 2320. The van der Waals surface area contributed by atoms with Gasteiger partial charge in [0.15, 0.2) is 0 Å². The van der Waals surface area contributed by atoms with Crippen LogP contribution in [-0.4, -0.2) is 21.6 Å². The molecular formula is C48H42N2. The van der Waals surface area contributed by atoms with Crippen molar-refractivity contribution in [3.63, 3.8) is 0 Å². The van der Waals surface area contributed by atoms with Gasteiger partial charge in [0.25, 0.3) is 0 Å². The highest BCUT2D eigenvalue weighted by Crippen LogP contribution is 2.49. The Labute approximate surface area is 295 Å². The van der Waals surface area contributed by atoms with Crippen LogP contribution in [0, 0.1) is 11.8 Å². The van der Waals surface area contributed by atoms with Gasteiger partial charge in [-0.25, -0.2) is 0 Å². The van der Waals surface area contributed by atoms with E-state index in [1.54, 1.807) is 0 Å². The first-order valence-electron chi connectivity index (χ1n) is 18.6. The van der Waals surface area contributed by atoms with E-state index in [9.17, 15) is 0 Å². The smallest absolute Gasteiger partial charge is 0.0551 e. The van der Waals surface area contributed by atoms with Crippen molar-refractivity contribution in [3.05, 3.63) is 186 Å². The van der Waals surface area contributed by atoms with Crippen LogP contribution in [0.15, 0.2) is 170 Å². The Hall–Kier alpha value is -5.34. The van der Waals surface area contributed by atoms with Gasteiger partial charge < -0.3 is 9.47 Å². The summed E-state index contributed by atoms with van der Waals surface area (Å²) >= 11 is 0. The van der Waals surface area contributed by atoms with Gasteiger partial charge in [-0.15, -0.1) is 0 Å². The van der Waals surface area contributed by atoms with E-state index in [4.69, 9.17) is 0 Å². The predicted octanol–water partition coefficient (Wildman–Crippen LogP) is 11.7. The van der Waals surface area contributed by atoms with E-state index in [1.165, 1.54) is 73.9 Å². The molecule has 2 heterocycles. The molecule has 0 radical (unpaired) electrons. The normalized spacial score (nSPS) is 25.6. The minimum Gasteiger partial charge on any atom is -0.364 e. The topological polar surface area (TPSA) is 8.17 Å². The molecule has 5 unspecified atom stereocenters. The van der Waals surface area contributed by atoms with Crippen LogP contribution in [0.4, 0.5) is 0 Å². The second-order valence-electron chi connectivity index (χ2n) is 14.7. The van der Waals surface area contributed by atoms with Gasteiger partial charge in [-0.3, -0.25) is 0 Å². The highest BCUT2D eigenvalue weighted by atomic mass is 15.2. The van der Waals surface area contributed by atoms with Crippen LogP contribution in [0.25, 0.3) is 38.6 Å². The minimum atomic E-state index is 0.353. The molecule has 0 bridgehead atoms. The molecule has 2 heteroatoms. The van der Waals surface area contributed by atoms with Crippen LogP contribution < -0.4 is 0 Å². The Morgan fingerprint density at radius 2 is 1.44 bits per heavy atom. The van der Waals surface area contributed by atoms with Crippen molar-refractivity contribution in [2.24, 2.45) is 11.8 Å². The molecule has 0 saturated carbocycles. The average molecular weight is 647 g/mol. The van der Waals surface area contributed by atoms with Gasteiger partial charge in [-0.1, -0.05) is 140 Å². The molecule has 10 rings (SSSR count). The predicted molar refractivity (Wildman–Crippen MR) is 210 cm³/mol. The lowest BCUT2D eigenvalue weighted by Crippen LogP contribution is -2.38. The van der Waals surface area contributed by atoms with Crippen molar-refractivity contribution in [2.45, 2.75) is 50.1 Å². The zero-order valence-electron chi connectivity index (χ0n) is 28.4. The lowest BCUT2D eigenvalue weighted by Gasteiger charge is -2.38. The van der Waals surface area contributed by atoms with Gasteiger partial charge in [0, 0.05) is 46.0 Å². The second-order valence-corrected chi connectivity index (χ2v) is 14.7. The van der Waals surface area contributed by atoms with Crippen LogP contribution in [0.2, 0.25) is 0 Å². The quantitative estimate of drug-likeness (QED) is 0.173. The summed E-state index contributed by atoms with van der Waals surface area (Å²) in [6.45, 7) is 0. The van der Waals surface area contributed by atoms with Crippen LogP contribution in [0.3, 0.4) is 0 Å². The van der Waals surface area contributed by atoms with E-state index < -0.39 is 0 Å².